The van der Waals surface area contributed by atoms with Gasteiger partial charge in [0.25, 0.3) is 0 Å². The number of rotatable bonds is 6. The van der Waals surface area contributed by atoms with Gasteiger partial charge in [-0.05, 0) is 94.8 Å². The van der Waals surface area contributed by atoms with E-state index in [0.29, 0.717) is 17.8 Å². The molecule has 2 fully saturated rings. The zero-order valence-electron chi connectivity index (χ0n) is 19.9. The Morgan fingerprint density at radius 1 is 1.19 bits per heavy atom. The lowest BCUT2D eigenvalue weighted by Gasteiger charge is -2.40. The van der Waals surface area contributed by atoms with Crippen LogP contribution in [0, 0.1) is 23.7 Å². The molecule has 3 heterocycles. The van der Waals surface area contributed by atoms with Gasteiger partial charge in [-0.3, -0.25) is 0 Å². The van der Waals surface area contributed by atoms with Crippen LogP contribution >= 0.6 is 0 Å². The number of hydrogen-bond acceptors (Lipinski definition) is 4. The van der Waals surface area contributed by atoms with Gasteiger partial charge in [0.05, 0.1) is 0 Å². The van der Waals surface area contributed by atoms with Crippen molar-refractivity contribution < 1.29 is 0 Å². The van der Waals surface area contributed by atoms with Gasteiger partial charge in [0.1, 0.15) is 5.84 Å². The van der Waals surface area contributed by atoms with Crippen LogP contribution in [-0.2, 0) is 0 Å². The summed E-state index contributed by atoms with van der Waals surface area (Å²) in [5, 5.41) is 0. The molecule has 3 aliphatic heterocycles. The fourth-order valence-electron chi connectivity index (χ4n) is 6.17. The third-order valence-corrected chi connectivity index (χ3v) is 8.24. The van der Waals surface area contributed by atoms with E-state index in [1.165, 1.54) is 67.1 Å². The maximum absolute atomic E-state index is 6.11. The summed E-state index contributed by atoms with van der Waals surface area (Å²) < 4.78 is 0. The summed E-state index contributed by atoms with van der Waals surface area (Å²) in [6, 6.07) is 0. The molecule has 0 saturated carbocycles. The van der Waals surface area contributed by atoms with Gasteiger partial charge in [0.15, 0.2) is 0 Å². The van der Waals surface area contributed by atoms with E-state index in [0.717, 1.165) is 38.4 Å². The first-order valence-electron chi connectivity index (χ1n) is 12.5. The summed E-state index contributed by atoms with van der Waals surface area (Å²) in [4.78, 5) is 9.97. The first kappa shape index (κ1) is 22.5. The lowest BCUT2D eigenvalue weighted by molar-refractivity contribution is 0.126. The number of hydrogen-bond donors (Lipinski definition) is 1. The standard InChI is InChI=1S/C27H42N4/c1-19-8-9-25(24(17-19)18-28)20(2)23-10-14-30(15-11-23)16-12-26-21(3)29-27-7-5-6-13-31(27)22(26)4/h8-9,17,20,23-25H,4-7,10-16,18,28H2,1-3H3. The second kappa shape index (κ2) is 9.87. The maximum atomic E-state index is 6.11. The summed E-state index contributed by atoms with van der Waals surface area (Å²) in [5.41, 5.74) is 11.3. The zero-order chi connectivity index (χ0) is 22.0. The van der Waals surface area contributed by atoms with Crippen molar-refractivity contribution in [2.75, 3.05) is 32.7 Å². The van der Waals surface area contributed by atoms with Gasteiger partial charge in [-0.15, -0.1) is 0 Å². The molecule has 0 spiro atoms. The van der Waals surface area contributed by atoms with Crippen LogP contribution in [0.3, 0.4) is 0 Å². The fourth-order valence-corrected chi connectivity index (χ4v) is 6.17. The SMILES string of the molecule is C=C1C(CCN2CCC(C(C)C3C=CC(C)=CC3CN)CC2)=C(C)N=C2CCCCN12. The molecule has 1 aliphatic carbocycles. The van der Waals surface area contributed by atoms with E-state index >= 15 is 0 Å². The first-order chi connectivity index (χ1) is 15.0. The van der Waals surface area contributed by atoms with E-state index in [4.69, 9.17) is 10.7 Å². The summed E-state index contributed by atoms with van der Waals surface area (Å²) in [5.74, 6) is 3.85. The zero-order valence-corrected chi connectivity index (χ0v) is 19.9. The van der Waals surface area contributed by atoms with Crippen molar-refractivity contribution in [3.05, 3.63) is 47.3 Å². The molecule has 3 atom stereocenters. The van der Waals surface area contributed by atoms with E-state index in [2.05, 4.69) is 55.4 Å². The van der Waals surface area contributed by atoms with Crippen molar-refractivity contribution in [2.45, 2.75) is 59.3 Å². The molecule has 2 saturated heterocycles. The van der Waals surface area contributed by atoms with E-state index < -0.39 is 0 Å². The van der Waals surface area contributed by atoms with Crippen molar-refractivity contribution in [1.29, 1.82) is 0 Å². The molecule has 0 radical (unpaired) electrons. The molecule has 0 aromatic heterocycles. The van der Waals surface area contributed by atoms with Crippen LogP contribution in [-0.4, -0.2) is 48.4 Å². The molecule has 0 aromatic rings. The highest BCUT2D eigenvalue weighted by Gasteiger charge is 2.32. The normalized spacial score (nSPS) is 29.0. The average Bonchev–Trinajstić information content (AvgIpc) is 2.78. The molecule has 4 nitrogen and oxygen atoms in total. The van der Waals surface area contributed by atoms with Crippen LogP contribution in [0.25, 0.3) is 0 Å². The van der Waals surface area contributed by atoms with Crippen LogP contribution in [0.5, 0.6) is 0 Å². The Hall–Kier alpha value is -1.65. The predicted molar refractivity (Wildman–Crippen MR) is 132 cm³/mol. The predicted octanol–water partition coefficient (Wildman–Crippen LogP) is 5.12. The third-order valence-electron chi connectivity index (χ3n) is 8.24. The summed E-state index contributed by atoms with van der Waals surface area (Å²) >= 11 is 0. The van der Waals surface area contributed by atoms with E-state index in [9.17, 15) is 0 Å². The molecule has 4 heteroatoms. The maximum Gasteiger partial charge on any atom is 0.109 e. The molecule has 4 aliphatic rings. The highest BCUT2D eigenvalue weighted by Crippen LogP contribution is 2.37. The van der Waals surface area contributed by atoms with Crippen molar-refractivity contribution >= 4 is 5.84 Å². The smallest absolute Gasteiger partial charge is 0.109 e. The van der Waals surface area contributed by atoms with Crippen LogP contribution < -0.4 is 5.73 Å². The summed E-state index contributed by atoms with van der Waals surface area (Å²) in [7, 11) is 0. The molecule has 4 rings (SSSR count). The minimum atomic E-state index is 0.505. The molecule has 2 N–H and O–H groups in total. The number of fused-ring (bicyclic) bond motifs is 1. The van der Waals surface area contributed by atoms with Crippen LogP contribution in [0.4, 0.5) is 0 Å². The van der Waals surface area contributed by atoms with Crippen molar-refractivity contribution in [1.82, 2.24) is 9.80 Å². The highest BCUT2D eigenvalue weighted by atomic mass is 15.2. The van der Waals surface area contributed by atoms with Crippen LogP contribution in [0.2, 0.25) is 0 Å². The quantitative estimate of drug-likeness (QED) is 0.646. The van der Waals surface area contributed by atoms with Crippen LogP contribution in [0.15, 0.2) is 52.3 Å². The van der Waals surface area contributed by atoms with E-state index in [1.54, 1.807) is 0 Å². The number of allylic oxidation sites excluding steroid dienone is 5. The van der Waals surface area contributed by atoms with Gasteiger partial charge >= 0.3 is 0 Å². The summed E-state index contributed by atoms with van der Waals surface area (Å²) in [6.07, 6.45) is 14.4. The molecule has 31 heavy (non-hydrogen) atoms. The van der Waals surface area contributed by atoms with E-state index in [-0.39, 0.29) is 0 Å². The van der Waals surface area contributed by atoms with Gasteiger partial charge in [-0.1, -0.05) is 37.3 Å². The molecule has 0 amide bonds. The Balaban J connectivity index is 1.29. The van der Waals surface area contributed by atoms with Gasteiger partial charge in [-0.25, -0.2) is 4.99 Å². The lowest BCUT2D eigenvalue weighted by Crippen LogP contribution is -2.40. The summed E-state index contributed by atoms with van der Waals surface area (Å²) in [6.45, 7) is 16.7. The number of nitrogens with two attached hydrogens (primary N) is 1. The fraction of sp³-hybridized carbons (Fsp3) is 0.667. The minimum absolute atomic E-state index is 0.505. The largest absolute Gasteiger partial charge is 0.330 e. The van der Waals surface area contributed by atoms with Crippen LogP contribution in [0.1, 0.15) is 59.3 Å². The van der Waals surface area contributed by atoms with Gasteiger partial charge in [0, 0.05) is 30.9 Å². The number of nitrogens with zero attached hydrogens (tertiary/aromatic N) is 3. The van der Waals surface area contributed by atoms with Gasteiger partial charge in [-0.2, -0.15) is 0 Å². The monoisotopic (exact) mass is 422 g/mol. The number of amidine groups is 1. The Kier molecular flexibility index (Phi) is 7.18. The van der Waals surface area contributed by atoms with Gasteiger partial charge in [0.2, 0.25) is 0 Å². The molecule has 0 bridgehead atoms. The van der Waals surface area contributed by atoms with E-state index in [1.807, 2.05) is 0 Å². The minimum Gasteiger partial charge on any atom is -0.330 e. The lowest BCUT2D eigenvalue weighted by atomic mass is 9.71. The van der Waals surface area contributed by atoms with Crippen molar-refractivity contribution in [3.8, 4) is 0 Å². The molecular formula is C27H42N4. The second-order valence-electron chi connectivity index (χ2n) is 10.2. The third kappa shape index (κ3) is 4.90. The first-order valence-corrected chi connectivity index (χ1v) is 12.5. The van der Waals surface area contributed by atoms with Crippen molar-refractivity contribution in [2.24, 2.45) is 34.4 Å². The molecule has 0 aromatic carbocycles. The Labute approximate surface area is 189 Å². The number of likely N-dealkylation sites (tertiary alicyclic amines) is 1. The molecule has 170 valence electrons. The Morgan fingerprint density at radius 2 is 1.97 bits per heavy atom. The van der Waals surface area contributed by atoms with Gasteiger partial charge < -0.3 is 15.5 Å². The number of aliphatic imine (C=N–C) groups is 1. The number of piperidine rings is 2. The molecular weight excluding hydrogens is 380 g/mol. The topological polar surface area (TPSA) is 44.9 Å². The Morgan fingerprint density at radius 3 is 2.71 bits per heavy atom. The van der Waals surface area contributed by atoms with Crippen molar-refractivity contribution in [3.63, 3.8) is 0 Å². The highest BCUT2D eigenvalue weighted by molar-refractivity contribution is 5.87. The molecule has 3 unspecified atom stereocenters. The Bertz CT molecular complexity index is 794. The average molecular weight is 423 g/mol. The second-order valence-corrected chi connectivity index (χ2v) is 10.2.